The van der Waals surface area contributed by atoms with Crippen molar-refractivity contribution in [2.45, 2.75) is 68.9 Å². The number of nitrogens with zero attached hydrogens (tertiary/aromatic N) is 4. The second kappa shape index (κ2) is 11.3. The highest BCUT2D eigenvalue weighted by atomic mass is 32.2. The summed E-state index contributed by atoms with van der Waals surface area (Å²) < 4.78 is 42.8. The summed E-state index contributed by atoms with van der Waals surface area (Å²) in [5, 5.41) is 18.2. The van der Waals surface area contributed by atoms with E-state index >= 15 is 0 Å². The van der Waals surface area contributed by atoms with Crippen LogP contribution in [0.25, 0.3) is 11.0 Å². The Morgan fingerprint density at radius 2 is 1.93 bits per heavy atom. The van der Waals surface area contributed by atoms with Gasteiger partial charge in [-0.2, -0.15) is 4.31 Å². The van der Waals surface area contributed by atoms with Crippen LogP contribution in [0.2, 0.25) is 0 Å². The molecule has 2 atom stereocenters. The molecular weight excluding hydrogens is 568 g/mol. The second-order valence-electron chi connectivity index (χ2n) is 11.7. The van der Waals surface area contributed by atoms with Gasteiger partial charge in [0.25, 0.3) is 0 Å². The van der Waals surface area contributed by atoms with Gasteiger partial charge in [0, 0.05) is 19.5 Å². The zero-order valence-electron chi connectivity index (χ0n) is 24.8. The Balaban J connectivity index is 1.36. The first-order valence-electron chi connectivity index (χ1n) is 14.5. The molecule has 0 unspecified atom stereocenters. The molecule has 10 nitrogen and oxygen atoms in total. The SMILES string of the molecule is COc1cc([C@@H](CC(=O)O)c2ccc(C)c(CN3C[C@@H](C)Oc4cc(C5CCC5)ccc4S3(=O)=O)c2)cc2nnn(C)c12. The van der Waals surface area contributed by atoms with Crippen molar-refractivity contribution in [3.63, 3.8) is 0 Å². The van der Waals surface area contributed by atoms with Crippen LogP contribution in [0.4, 0.5) is 0 Å². The molecule has 1 aromatic heterocycles. The van der Waals surface area contributed by atoms with Gasteiger partial charge >= 0.3 is 5.97 Å². The minimum absolute atomic E-state index is 0.131. The Bertz CT molecular complexity index is 1810. The maximum atomic E-state index is 14.0. The molecule has 4 aromatic rings. The summed E-state index contributed by atoms with van der Waals surface area (Å²) in [5.41, 5.74) is 5.64. The lowest BCUT2D eigenvalue weighted by molar-refractivity contribution is -0.137. The topological polar surface area (TPSA) is 124 Å². The van der Waals surface area contributed by atoms with Crippen LogP contribution in [-0.4, -0.2) is 58.6 Å². The molecule has 226 valence electrons. The molecule has 0 bridgehead atoms. The van der Waals surface area contributed by atoms with Crippen LogP contribution in [0, 0.1) is 6.92 Å². The highest BCUT2D eigenvalue weighted by molar-refractivity contribution is 7.89. The summed E-state index contributed by atoms with van der Waals surface area (Å²) in [6, 6.07) is 14.9. The van der Waals surface area contributed by atoms with Gasteiger partial charge in [-0.25, -0.2) is 13.1 Å². The number of rotatable bonds is 8. The molecule has 43 heavy (non-hydrogen) atoms. The van der Waals surface area contributed by atoms with Crippen molar-refractivity contribution in [2.75, 3.05) is 13.7 Å². The van der Waals surface area contributed by atoms with E-state index in [0.717, 1.165) is 40.7 Å². The molecule has 0 amide bonds. The van der Waals surface area contributed by atoms with Gasteiger partial charge in [0.05, 0.1) is 20.1 Å². The predicted octanol–water partition coefficient (Wildman–Crippen LogP) is 5.13. The minimum Gasteiger partial charge on any atom is -0.494 e. The van der Waals surface area contributed by atoms with Crippen LogP contribution in [0.3, 0.4) is 0 Å². The number of aryl methyl sites for hydroxylation is 2. The molecule has 0 radical (unpaired) electrons. The summed E-state index contributed by atoms with van der Waals surface area (Å²) in [4.78, 5) is 12.2. The lowest BCUT2D eigenvalue weighted by Crippen LogP contribution is -2.35. The molecule has 1 saturated carbocycles. The van der Waals surface area contributed by atoms with Crippen molar-refractivity contribution in [1.29, 1.82) is 0 Å². The summed E-state index contributed by atoms with van der Waals surface area (Å²) in [5.74, 6) is -0.0497. The second-order valence-corrected chi connectivity index (χ2v) is 13.6. The Morgan fingerprint density at radius 3 is 2.63 bits per heavy atom. The lowest BCUT2D eigenvalue weighted by atomic mass is 9.80. The van der Waals surface area contributed by atoms with Crippen molar-refractivity contribution in [3.05, 3.63) is 76.3 Å². The number of methoxy groups -OCH3 is 1. The largest absolute Gasteiger partial charge is 0.494 e. The van der Waals surface area contributed by atoms with Crippen molar-refractivity contribution in [2.24, 2.45) is 7.05 Å². The molecular formula is C32H36N4O6S. The van der Waals surface area contributed by atoms with Crippen LogP contribution in [-0.2, 0) is 28.4 Å². The van der Waals surface area contributed by atoms with E-state index in [-0.39, 0.29) is 30.5 Å². The number of hydrogen-bond acceptors (Lipinski definition) is 7. The van der Waals surface area contributed by atoms with E-state index in [2.05, 4.69) is 10.3 Å². The number of carboxylic acid groups (broad SMARTS) is 1. The summed E-state index contributed by atoms with van der Waals surface area (Å²) >= 11 is 0. The minimum atomic E-state index is -3.85. The monoisotopic (exact) mass is 604 g/mol. The molecule has 2 aliphatic rings. The number of carboxylic acids is 1. The number of benzene rings is 3. The van der Waals surface area contributed by atoms with Gasteiger partial charge in [-0.05, 0) is 84.7 Å². The molecule has 3 aromatic carbocycles. The van der Waals surface area contributed by atoms with E-state index in [1.807, 2.05) is 56.3 Å². The molecule has 1 aliphatic heterocycles. The number of aliphatic carboxylic acids is 1. The van der Waals surface area contributed by atoms with Crippen LogP contribution in [0.5, 0.6) is 11.5 Å². The predicted molar refractivity (Wildman–Crippen MR) is 161 cm³/mol. The molecule has 2 heterocycles. The molecule has 11 heteroatoms. The van der Waals surface area contributed by atoms with Gasteiger partial charge in [0.1, 0.15) is 33.5 Å². The Morgan fingerprint density at radius 1 is 1.14 bits per heavy atom. The zero-order valence-corrected chi connectivity index (χ0v) is 25.6. The van der Waals surface area contributed by atoms with E-state index in [9.17, 15) is 18.3 Å². The molecule has 0 saturated heterocycles. The van der Waals surface area contributed by atoms with Gasteiger partial charge < -0.3 is 14.6 Å². The van der Waals surface area contributed by atoms with Crippen molar-refractivity contribution in [1.82, 2.24) is 19.3 Å². The fraction of sp³-hybridized carbons (Fsp3) is 0.406. The van der Waals surface area contributed by atoms with E-state index in [1.54, 1.807) is 24.9 Å². The third-order valence-corrected chi connectivity index (χ3v) is 10.6. The number of aromatic nitrogens is 3. The molecule has 0 spiro atoms. The average Bonchev–Trinajstić information content (AvgIpc) is 3.27. The highest BCUT2D eigenvalue weighted by Gasteiger charge is 2.35. The summed E-state index contributed by atoms with van der Waals surface area (Å²) in [7, 11) is -0.527. The van der Waals surface area contributed by atoms with Gasteiger partial charge in [0.2, 0.25) is 10.0 Å². The van der Waals surface area contributed by atoms with Gasteiger partial charge in [0.15, 0.2) is 0 Å². The van der Waals surface area contributed by atoms with E-state index in [4.69, 9.17) is 9.47 Å². The number of carbonyl (C=O) groups is 1. The smallest absolute Gasteiger partial charge is 0.304 e. The fourth-order valence-corrected chi connectivity index (χ4v) is 7.75. The third kappa shape index (κ3) is 5.47. The maximum Gasteiger partial charge on any atom is 0.304 e. The van der Waals surface area contributed by atoms with E-state index < -0.39 is 21.9 Å². The fourth-order valence-electron chi connectivity index (χ4n) is 6.16. The van der Waals surface area contributed by atoms with Crippen LogP contribution in [0.1, 0.15) is 72.3 Å². The van der Waals surface area contributed by atoms with Gasteiger partial charge in [-0.3, -0.25) is 4.79 Å². The standard InChI is InChI=1S/C32H36N4O6S/c1-19-8-9-23(26(16-31(37)38)24-13-27-32(29(15-24)41-4)35(3)34-33-27)12-25(19)18-36-17-20(2)42-28-14-22(21-6-5-7-21)10-11-30(28)43(36,39)40/h8-15,20-21,26H,5-7,16-18H2,1-4H3,(H,37,38)/t20-,26+/m1/s1. The van der Waals surface area contributed by atoms with E-state index in [0.29, 0.717) is 28.5 Å². The molecule has 1 fully saturated rings. The van der Waals surface area contributed by atoms with Crippen LogP contribution >= 0.6 is 0 Å². The Labute approximate surface area is 251 Å². The number of ether oxygens (including phenoxy) is 2. The molecule has 1 N–H and O–H groups in total. The first kappa shape index (κ1) is 29.1. The van der Waals surface area contributed by atoms with Crippen molar-refractivity contribution >= 4 is 27.0 Å². The van der Waals surface area contributed by atoms with E-state index in [1.165, 1.54) is 10.7 Å². The Hall–Kier alpha value is -3.96. The molecule has 6 rings (SSSR count). The summed E-state index contributed by atoms with van der Waals surface area (Å²) in [6.07, 6.45) is 2.92. The lowest BCUT2D eigenvalue weighted by Gasteiger charge is -2.26. The summed E-state index contributed by atoms with van der Waals surface area (Å²) in [6.45, 7) is 4.14. The average molecular weight is 605 g/mol. The van der Waals surface area contributed by atoms with Crippen molar-refractivity contribution < 1.29 is 27.8 Å². The number of hydrogen-bond donors (Lipinski definition) is 1. The zero-order chi connectivity index (χ0) is 30.5. The Kier molecular flexibility index (Phi) is 7.64. The van der Waals surface area contributed by atoms with Crippen molar-refractivity contribution in [3.8, 4) is 11.5 Å². The quantitative estimate of drug-likeness (QED) is 0.294. The number of fused-ring (bicyclic) bond motifs is 2. The first-order chi connectivity index (χ1) is 20.5. The van der Waals surface area contributed by atoms with Crippen LogP contribution < -0.4 is 9.47 Å². The molecule has 1 aliphatic carbocycles. The highest BCUT2D eigenvalue weighted by Crippen LogP contribution is 2.41. The van der Waals surface area contributed by atoms with Crippen LogP contribution in [0.15, 0.2) is 53.4 Å². The van der Waals surface area contributed by atoms with Gasteiger partial charge in [-0.1, -0.05) is 35.9 Å². The third-order valence-electron chi connectivity index (χ3n) is 8.76. The normalized spacial score (nSPS) is 19.2. The number of sulfonamides is 1. The first-order valence-corrected chi connectivity index (χ1v) is 16.0. The van der Waals surface area contributed by atoms with Gasteiger partial charge in [-0.15, -0.1) is 5.10 Å². The maximum absolute atomic E-state index is 14.0.